The molecule has 4 heteroatoms. The SMILES string of the molecule is CCCn1cc(COC)nn1. The molecule has 1 aromatic heterocycles. The largest absolute Gasteiger partial charge is 0.378 e. The maximum Gasteiger partial charge on any atom is 0.108 e. The zero-order valence-corrected chi connectivity index (χ0v) is 6.95. The first-order valence-corrected chi connectivity index (χ1v) is 3.74. The van der Waals surface area contributed by atoms with Crippen LogP contribution < -0.4 is 0 Å². The van der Waals surface area contributed by atoms with Crippen LogP contribution in [0.4, 0.5) is 0 Å². The first-order valence-electron chi connectivity index (χ1n) is 3.74. The van der Waals surface area contributed by atoms with E-state index in [1.807, 2.05) is 10.9 Å². The van der Waals surface area contributed by atoms with Gasteiger partial charge in [0.05, 0.1) is 12.8 Å². The second-order valence-electron chi connectivity index (χ2n) is 2.41. The van der Waals surface area contributed by atoms with Crippen molar-refractivity contribution >= 4 is 0 Å². The molecule has 1 aromatic rings. The average molecular weight is 155 g/mol. The number of hydrogen-bond donors (Lipinski definition) is 0. The third kappa shape index (κ3) is 2.31. The number of rotatable bonds is 4. The van der Waals surface area contributed by atoms with Crippen molar-refractivity contribution in [1.82, 2.24) is 15.0 Å². The number of nitrogens with zero attached hydrogens (tertiary/aromatic N) is 3. The summed E-state index contributed by atoms with van der Waals surface area (Å²) in [4.78, 5) is 0. The third-order valence-electron chi connectivity index (χ3n) is 1.33. The minimum absolute atomic E-state index is 0.545. The highest BCUT2D eigenvalue weighted by Crippen LogP contribution is 1.95. The van der Waals surface area contributed by atoms with Crippen LogP contribution in [0.5, 0.6) is 0 Å². The van der Waals surface area contributed by atoms with Crippen LogP contribution in [0.1, 0.15) is 19.0 Å². The summed E-state index contributed by atoms with van der Waals surface area (Å²) in [5.74, 6) is 0. The fourth-order valence-corrected chi connectivity index (χ4v) is 0.891. The first-order chi connectivity index (χ1) is 5.36. The summed E-state index contributed by atoms with van der Waals surface area (Å²) >= 11 is 0. The maximum atomic E-state index is 4.90. The van der Waals surface area contributed by atoms with E-state index >= 15 is 0 Å². The van der Waals surface area contributed by atoms with Crippen molar-refractivity contribution in [1.29, 1.82) is 0 Å². The molecule has 11 heavy (non-hydrogen) atoms. The molecular weight excluding hydrogens is 142 g/mol. The highest BCUT2D eigenvalue weighted by molar-refractivity contribution is 4.89. The fraction of sp³-hybridized carbons (Fsp3) is 0.714. The van der Waals surface area contributed by atoms with Crippen molar-refractivity contribution in [3.63, 3.8) is 0 Å². The molecule has 0 spiro atoms. The summed E-state index contributed by atoms with van der Waals surface area (Å²) in [6.45, 7) is 3.58. The number of aryl methyl sites for hydroxylation is 1. The molecule has 1 rings (SSSR count). The van der Waals surface area contributed by atoms with Crippen LogP contribution >= 0.6 is 0 Å². The molecule has 0 aromatic carbocycles. The summed E-state index contributed by atoms with van der Waals surface area (Å²) in [7, 11) is 1.65. The van der Waals surface area contributed by atoms with Crippen LogP contribution in [-0.2, 0) is 17.9 Å². The molecule has 4 nitrogen and oxygen atoms in total. The Hall–Kier alpha value is -0.900. The molecule has 0 fully saturated rings. The van der Waals surface area contributed by atoms with Gasteiger partial charge in [-0.3, -0.25) is 4.68 Å². The van der Waals surface area contributed by atoms with Gasteiger partial charge in [-0.2, -0.15) is 0 Å². The molecule has 0 bridgehead atoms. The van der Waals surface area contributed by atoms with Gasteiger partial charge in [-0.1, -0.05) is 12.1 Å². The highest BCUT2D eigenvalue weighted by atomic mass is 16.5. The van der Waals surface area contributed by atoms with Crippen molar-refractivity contribution in [2.45, 2.75) is 26.5 Å². The van der Waals surface area contributed by atoms with E-state index in [1.54, 1.807) is 7.11 Å². The summed E-state index contributed by atoms with van der Waals surface area (Å²) in [6.07, 6.45) is 2.99. The predicted molar refractivity (Wildman–Crippen MR) is 41.0 cm³/mol. The molecule has 0 unspecified atom stereocenters. The number of aromatic nitrogens is 3. The lowest BCUT2D eigenvalue weighted by atomic mass is 10.5. The van der Waals surface area contributed by atoms with Crippen molar-refractivity contribution < 1.29 is 4.74 Å². The van der Waals surface area contributed by atoms with Gasteiger partial charge in [0.15, 0.2) is 0 Å². The molecule has 0 radical (unpaired) electrons. The molecule has 0 saturated carbocycles. The quantitative estimate of drug-likeness (QED) is 0.646. The van der Waals surface area contributed by atoms with Crippen molar-refractivity contribution in [2.24, 2.45) is 0 Å². The Morgan fingerprint density at radius 1 is 1.64 bits per heavy atom. The Balaban J connectivity index is 2.51. The minimum Gasteiger partial charge on any atom is -0.378 e. The van der Waals surface area contributed by atoms with Crippen molar-refractivity contribution in [2.75, 3.05) is 7.11 Å². The molecule has 0 aliphatic carbocycles. The average Bonchev–Trinajstić information content (AvgIpc) is 2.38. The lowest BCUT2D eigenvalue weighted by Gasteiger charge is -1.92. The van der Waals surface area contributed by atoms with E-state index < -0.39 is 0 Å². The van der Waals surface area contributed by atoms with Crippen LogP contribution in [0.2, 0.25) is 0 Å². The van der Waals surface area contributed by atoms with Crippen molar-refractivity contribution in [3.05, 3.63) is 11.9 Å². The monoisotopic (exact) mass is 155 g/mol. The maximum absolute atomic E-state index is 4.90. The summed E-state index contributed by atoms with van der Waals surface area (Å²) in [5.41, 5.74) is 0.890. The standard InChI is InChI=1S/C7H13N3O/c1-3-4-10-5-7(6-11-2)8-9-10/h5H,3-4,6H2,1-2H3. The van der Waals surface area contributed by atoms with Gasteiger partial charge in [0.25, 0.3) is 0 Å². The Morgan fingerprint density at radius 2 is 2.45 bits per heavy atom. The molecule has 0 atom stereocenters. The number of methoxy groups -OCH3 is 1. The molecule has 0 amide bonds. The fourth-order valence-electron chi connectivity index (χ4n) is 0.891. The molecule has 0 N–H and O–H groups in total. The van der Waals surface area contributed by atoms with Crippen LogP contribution in [0.15, 0.2) is 6.20 Å². The van der Waals surface area contributed by atoms with Gasteiger partial charge in [-0.05, 0) is 6.42 Å². The lowest BCUT2D eigenvalue weighted by Crippen LogP contribution is -1.96. The molecule has 0 aliphatic rings. The van der Waals surface area contributed by atoms with Gasteiger partial charge in [-0.25, -0.2) is 0 Å². The predicted octanol–water partition coefficient (Wildman–Crippen LogP) is 0.834. The van der Waals surface area contributed by atoms with E-state index in [9.17, 15) is 0 Å². The normalized spacial score (nSPS) is 10.4. The Bertz CT molecular complexity index is 189. The molecule has 1 heterocycles. The van der Waals surface area contributed by atoms with Gasteiger partial charge >= 0.3 is 0 Å². The highest BCUT2D eigenvalue weighted by Gasteiger charge is 1.97. The number of hydrogen-bond acceptors (Lipinski definition) is 3. The minimum atomic E-state index is 0.545. The molecule has 62 valence electrons. The van der Waals surface area contributed by atoms with Crippen molar-refractivity contribution in [3.8, 4) is 0 Å². The zero-order chi connectivity index (χ0) is 8.10. The Morgan fingerprint density at radius 3 is 3.09 bits per heavy atom. The number of ether oxygens (including phenoxy) is 1. The van der Waals surface area contributed by atoms with Gasteiger partial charge in [0.1, 0.15) is 5.69 Å². The molecule has 0 saturated heterocycles. The van der Waals surface area contributed by atoms with E-state index in [1.165, 1.54) is 0 Å². The second kappa shape index (κ2) is 4.08. The van der Waals surface area contributed by atoms with Crippen LogP contribution in [0.25, 0.3) is 0 Å². The third-order valence-corrected chi connectivity index (χ3v) is 1.33. The van der Waals surface area contributed by atoms with E-state index in [2.05, 4.69) is 17.2 Å². The van der Waals surface area contributed by atoms with E-state index in [0.717, 1.165) is 18.7 Å². The Labute approximate surface area is 66.2 Å². The smallest absolute Gasteiger partial charge is 0.108 e. The van der Waals surface area contributed by atoms with E-state index in [4.69, 9.17) is 4.74 Å². The van der Waals surface area contributed by atoms with Crippen LogP contribution in [0.3, 0.4) is 0 Å². The summed E-state index contributed by atoms with van der Waals surface area (Å²) in [6, 6.07) is 0. The first kappa shape index (κ1) is 8.20. The zero-order valence-electron chi connectivity index (χ0n) is 6.95. The van der Waals surface area contributed by atoms with Gasteiger partial charge in [-0.15, -0.1) is 5.10 Å². The molecule has 0 aliphatic heterocycles. The second-order valence-corrected chi connectivity index (χ2v) is 2.41. The summed E-state index contributed by atoms with van der Waals surface area (Å²) in [5, 5.41) is 7.82. The van der Waals surface area contributed by atoms with E-state index in [0.29, 0.717) is 6.61 Å². The van der Waals surface area contributed by atoms with Crippen LogP contribution in [0, 0.1) is 0 Å². The topological polar surface area (TPSA) is 39.9 Å². The van der Waals surface area contributed by atoms with Gasteiger partial charge < -0.3 is 4.74 Å². The van der Waals surface area contributed by atoms with Crippen LogP contribution in [-0.4, -0.2) is 22.1 Å². The van der Waals surface area contributed by atoms with Gasteiger partial charge in [0.2, 0.25) is 0 Å². The van der Waals surface area contributed by atoms with Gasteiger partial charge in [0, 0.05) is 13.7 Å². The molecular formula is C7H13N3O. The lowest BCUT2D eigenvalue weighted by molar-refractivity contribution is 0.181. The Kier molecular flexibility index (Phi) is 3.04. The summed E-state index contributed by atoms with van der Waals surface area (Å²) < 4.78 is 6.73. The van der Waals surface area contributed by atoms with E-state index in [-0.39, 0.29) is 0 Å².